The summed E-state index contributed by atoms with van der Waals surface area (Å²) in [5.74, 6) is -1.53. The molecule has 31 heavy (non-hydrogen) atoms. The number of carbonyl (C=O) groups is 2. The standard InChI is InChI=1S/C22H19ClF4N2O2/c23-15-5-6-19(24)18(11-15)21(31)29-9-7-28(8-10-29)20(30)17-12-16(17)13-1-3-14(4-2-13)22(25,26)27/h1-6,11,16-17H,7-10,12H2/t16?,17-/m1/s1. The first kappa shape index (κ1) is 21.6. The van der Waals surface area contributed by atoms with Crippen LogP contribution in [0.1, 0.15) is 33.8 Å². The SMILES string of the molecule is O=C(c1cc(Cl)ccc1F)N1CCN(C(=O)[C@@H]2CC2c2ccc(C(F)(F)F)cc2)CC1. The first-order valence-corrected chi connectivity index (χ1v) is 10.2. The molecule has 1 heterocycles. The van der Waals surface area contributed by atoms with Gasteiger partial charge < -0.3 is 9.80 Å². The second kappa shape index (κ2) is 8.15. The molecule has 0 aromatic heterocycles. The van der Waals surface area contributed by atoms with Crippen molar-refractivity contribution in [2.75, 3.05) is 26.2 Å². The van der Waals surface area contributed by atoms with Gasteiger partial charge in [-0.3, -0.25) is 9.59 Å². The molecule has 164 valence electrons. The summed E-state index contributed by atoms with van der Waals surface area (Å²) < 4.78 is 52.1. The number of piperazine rings is 1. The molecule has 2 fully saturated rings. The van der Waals surface area contributed by atoms with E-state index in [9.17, 15) is 27.2 Å². The molecule has 4 nitrogen and oxygen atoms in total. The molecule has 2 aromatic rings. The van der Waals surface area contributed by atoms with Gasteiger partial charge in [0.2, 0.25) is 5.91 Å². The Labute approximate surface area is 181 Å². The summed E-state index contributed by atoms with van der Waals surface area (Å²) in [5.41, 5.74) is -0.0925. The lowest BCUT2D eigenvalue weighted by atomic mass is 10.1. The van der Waals surface area contributed by atoms with E-state index in [0.717, 1.165) is 23.8 Å². The molecule has 0 bridgehead atoms. The van der Waals surface area contributed by atoms with Crippen LogP contribution in [0.3, 0.4) is 0 Å². The lowest BCUT2D eigenvalue weighted by molar-refractivity contribution is -0.137. The molecule has 1 aliphatic heterocycles. The van der Waals surface area contributed by atoms with Gasteiger partial charge in [0.15, 0.2) is 0 Å². The lowest BCUT2D eigenvalue weighted by Crippen LogP contribution is -2.51. The quantitative estimate of drug-likeness (QED) is 0.637. The van der Waals surface area contributed by atoms with Gasteiger partial charge in [0, 0.05) is 37.1 Å². The topological polar surface area (TPSA) is 40.6 Å². The predicted molar refractivity (Wildman–Crippen MR) is 106 cm³/mol. The molecule has 1 saturated heterocycles. The Morgan fingerprint density at radius 2 is 1.55 bits per heavy atom. The van der Waals surface area contributed by atoms with E-state index < -0.39 is 23.5 Å². The monoisotopic (exact) mass is 454 g/mol. The molecule has 2 atom stereocenters. The number of alkyl halides is 3. The van der Waals surface area contributed by atoms with Crippen LogP contribution in [-0.2, 0) is 11.0 Å². The zero-order valence-corrected chi connectivity index (χ0v) is 17.1. The molecule has 2 aliphatic rings. The Kier molecular flexibility index (Phi) is 5.68. The van der Waals surface area contributed by atoms with Crippen molar-refractivity contribution in [1.82, 2.24) is 9.80 Å². The van der Waals surface area contributed by atoms with E-state index in [-0.39, 0.29) is 41.4 Å². The van der Waals surface area contributed by atoms with E-state index in [4.69, 9.17) is 11.6 Å². The zero-order valence-electron chi connectivity index (χ0n) is 16.3. The molecule has 1 unspecified atom stereocenters. The van der Waals surface area contributed by atoms with Crippen molar-refractivity contribution >= 4 is 23.4 Å². The Balaban J connectivity index is 1.33. The number of benzene rings is 2. The second-order valence-electron chi connectivity index (χ2n) is 7.81. The highest BCUT2D eigenvalue weighted by molar-refractivity contribution is 6.31. The van der Waals surface area contributed by atoms with Crippen molar-refractivity contribution in [3.8, 4) is 0 Å². The molecular weight excluding hydrogens is 436 g/mol. The predicted octanol–water partition coefficient (Wildman–Crippen LogP) is 4.59. The number of nitrogens with zero attached hydrogens (tertiary/aromatic N) is 2. The fraction of sp³-hybridized carbons (Fsp3) is 0.364. The van der Waals surface area contributed by atoms with E-state index in [2.05, 4.69) is 0 Å². The molecule has 0 N–H and O–H groups in total. The smallest absolute Gasteiger partial charge is 0.339 e. The molecule has 0 spiro atoms. The van der Waals surface area contributed by atoms with Crippen LogP contribution in [0.5, 0.6) is 0 Å². The number of amides is 2. The molecule has 2 aromatic carbocycles. The summed E-state index contributed by atoms with van der Waals surface area (Å²) in [6.45, 7) is 1.19. The third-order valence-electron chi connectivity index (χ3n) is 5.81. The Bertz CT molecular complexity index is 1000. The van der Waals surface area contributed by atoms with Crippen LogP contribution < -0.4 is 0 Å². The zero-order chi connectivity index (χ0) is 22.3. The van der Waals surface area contributed by atoms with Crippen LogP contribution in [0.25, 0.3) is 0 Å². The van der Waals surface area contributed by atoms with Crippen molar-refractivity contribution in [2.45, 2.75) is 18.5 Å². The largest absolute Gasteiger partial charge is 0.416 e. The maximum absolute atomic E-state index is 14.0. The van der Waals surface area contributed by atoms with E-state index in [1.54, 1.807) is 4.90 Å². The van der Waals surface area contributed by atoms with Gasteiger partial charge in [-0.25, -0.2) is 4.39 Å². The number of hydrogen-bond acceptors (Lipinski definition) is 2. The minimum absolute atomic E-state index is 0.0640. The first-order chi connectivity index (χ1) is 14.6. The summed E-state index contributed by atoms with van der Waals surface area (Å²) >= 11 is 5.86. The minimum Gasteiger partial charge on any atom is -0.339 e. The van der Waals surface area contributed by atoms with Crippen LogP contribution in [0.15, 0.2) is 42.5 Å². The van der Waals surface area contributed by atoms with Crippen LogP contribution in [-0.4, -0.2) is 47.8 Å². The maximum Gasteiger partial charge on any atom is 0.416 e. The number of hydrogen-bond donors (Lipinski definition) is 0. The van der Waals surface area contributed by atoms with Crippen molar-refractivity contribution in [3.63, 3.8) is 0 Å². The fourth-order valence-electron chi connectivity index (χ4n) is 3.95. The number of rotatable bonds is 3. The van der Waals surface area contributed by atoms with E-state index in [1.807, 2.05) is 0 Å². The van der Waals surface area contributed by atoms with Gasteiger partial charge in [0.25, 0.3) is 5.91 Å². The Hall–Kier alpha value is -2.61. The van der Waals surface area contributed by atoms with Gasteiger partial charge in [-0.1, -0.05) is 23.7 Å². The van der Waals surface area contributed by atoms with Gasteiger partial charge >= 0.3 is 6.18 Å². The van der Waals surface area contributed by atoms with E-state index >= 15 is 0 Å². The molecular formula is C22H19ClF4N2O2. The minimum atomic E-state index is -4.39. The van der Waals surface area contributed by atoms with E-state index in [0.29, 0.717) is 19.5 Å². The second-order valence-corrected chi connectivity index (χ2v) is 8.25. The highest BCUT2D eigenvalue weighted by atomic mass is 35.5. The molecule has 9 heteroatoms. The molecule has 4 rings (SSSR count). The van der Waals surface area contributed by atoms with Crippen LogP contribution in [0.4, 0.5) is 17.6 Å². The Morgan fingerprint density at radius 1 is 0.935 bits per heavy atom. The lowest BCUT2D eigenvalue weighted by Gasteiger charge is -2.35. The average molecular weight is 455 g/mol. The third-order valence-corrected chi connectivity index (χ3v) is 6.05. The van der Waals surface area contributed by atoms with Gasteiger partial charge in [0.1, 0.15) is 5.82 Å². The summed E-state index contributed by atoms with van der Waals surface area (Å²) in [7, 11) is 0. The summed E-state index contributed by atoms with van der Waals surface area (Å²) in [6.07, 6.45) is -3.79. The summed E-state index contributed by atoms with van der Waals surface area (Å²) in [6, 6.07) is 8.73. The molecule has 1 aliphatic carbocycles. The number of carbonyl (C=O) groups excluding carboxylic acids is 2. The fourth-order valence-corrected chi connectivity index (χ4v) is 4.12. The van der Waals surface area contributed by atoms with Crippen molar-refractivity contribution in [3.05, 3.63) is 70.0 Å². The number of halogens is 5. The van der Waals surface area contributed by atoms with Crippen LogP contribution in [0.2, 0.25) is 5.02 Å². The van der Waals surface area contributed by atoms with Crippen molar-refractivity contribution < 1.29 is 27.2 Å². The molecule has 0 radical (unpaired) electrons. The van der Waals surface area contributed by atoms with E-state index in [1.165, 1.54) is 29.2 Å². The van der Waals surface area contributed by atoms with Crippen molar-refractivity contribution in [1.29, 1.82) is 0 Å². The third kappa shape index (κ3) is 4.54. The molecule has 1 saturated carbocycles. The maximum atomic E-state index is 14.0. The molecule has 2 amide bonds. The average Bonchev–Trinajstić information content (AvgIpc) is 3.55. The first-order valence-electron chi connectivity index (χ1n) is 9.85. The van der Waals surface area contributed by atoms with Gasteiger partial charge in [0.05, 0.1) is 11.1 Å². The van der Waals surface area contributed by atoms with Gasteiger partial charge in [-0.2, -0.15) is 13.2 Å². The summed E-state index contributed by atoms with van der Waals surface area (Å²) in [4.78, 5) is 28.5. The van der Waals surface area contributed by atoms with Crippen LogP contribution in [0, 0.1) is 11.7 Å². The van der Waals surface area contributed by atoms with Gasteiger partial charge in [-0.05, 0) is 48.2 Å². The van der Waals surface area contributed by atoms with Crippen LogP contribution >= 0.6 is 11.6 Å². The van der Waals surface area contributed by atoms with Crippen molar-refractivity contribution in [2.24, 2.45) is 5.92 Å². The normalized spacial score (nSPS) is 21.2. The summed E-state index contributed by atoms with van der Waals surface area (Å²) in [5, 5.41) is 0.265. The van der Waals surface area contributed by atoms with Gasteiger partial charge in [-0.15, -0.1) is 0 Å². The Morgan fingerprint density at radius 3 is 2.16 bits per heavy atom. The highest BCUT2D eigenvalue weighted by Gasteiger charge is 2.46. The highest BCUT2D eigenvalue weighted by Crippen LogP contribution is 2.49.